The van der Waals surface area contributed by atoms with E-state index in [0.717, 1.165) is 50.6 Å². The van der Waals surface area contributed by atoms with Gasteiger partial charge in [0.05, 0.1) is 18.0 Å². The summed E-state index contributed by atoms with van der Waals surface area (Å²) < 4.78 is 13.4. The van der Waals surface area contributed by atoms with Gasteiger partial charge in [-0.3, -0.25) is 4.90 Å². The maximum Gasteiger partial charge on any atom is 0.229 e. The molecule has 0 bridgehead atoms. The summed E-state index contributed by atoms with van der Waals surface area (Å²) in [6, 6.07) is 8.64. The quantitative estimate of drug-likeness (QED) is 0.833. The number of likely N-dealkylation sites (N-methyl/N-ethyl adjacent to an activating group) is 1. The molecular formula is C21H26FN7. The molecule has 7 nitrogen and oxygen atoms in total. The molecule has 2 aliphatic rings. The first-order chi connectivity index (χ1) is 14.0. The van der Waals surface area contributed by atoms with Gasteiger partial charge < -0.3 is 15.1 Å². The highest BCUT2D eigenvalue weighted by atomic mass is 19.1. The van der Waals surface area contributed by atoms with Crippen molar-refractivity contribution in [3.05, 3.63) is 41.8 Å². The van der Waals surface area contributed by atoms with Crippen molar-refractivity contribution in [1.82, 2.24) is 19.8 Å². The second-order valence-electron chi connectivity index (χ2n) is 8.04. The fraction of sp³-hybridized carbons (Fsp3) is 0.476. The van der Waals surface area contributed by atoms with Crippen molar-refractivity contribution in [3.63, 3.8) is 0 Å². The third kappa shape index (κ3) is 4.02. The predicted octanol–water partition coefficient (Wildman–Crippen LogP) is 2.39. The van der Waals surface area contributed by atoms with Crippen molar-refractivity contribution >= 4 is 17.5 Å². The Hall–Kier alpha value is -2.76. The Balaban J connectivity index is 1.49. The molecule has 2 fully saturated rings. The molecule has 2 aliphatic heterocycles. The normalized spacial score (nSPS) is 19.4. The van der Waals surface area contributed by atoms with Crippen LogP contribution in [0.1, 0.15) is 12.0 Å². The summed E-state index contributed by atoms with van der Waals surface area (Å²) in [7, 11) is 2.14. The summed E-state index contributed by atoms with van der Waals surface area (Å²) in [4.78, 5) is 16.0. The molecule has 0 unspecified atom stereocenters. The van der Waals surface area contributed by atoms with Gasteiger partial charge in [0.15, 0.2) is 0 Å². The molecular weight excluding hydrogens is 369 g/mol. The number of aryl methyl sites for hydroxylation is 1. The molecule has 1 aromatic carbocycles. The summed E-state index contributed by atoms with van der Waals surface area (Å²) in [6.45, 7) is 7.58. The number of nitriles is 1. The topological polar surface area (TPSA) is 71.3 Å². The van der Waals surface area contributed by atoms with E-state index in [1.807, 2.05) is 6.92 Å². The Bertz CT molecular complexity index is 911. The van der Waals surface area contributed by atoms with Gasteiger partial charge in [-0.25, -0.2) is 9.37 Å². The molecule has 29 heavy (non-hydrogen) atoms. The number of halogens is 1. The van der Waals surface area contributed by atoms with Gasteiger partial charge in [0.1, 0.15) is 11.6 Å². The molecule has 0 aliphatic carbocycles. The van der Waals surface area contributed by atoms with E-state index in [0.29, 0.717) is 18.1 Å². The first-order valence-corrected chi connectivity index (χ1v) is 9.91. The Kier molecular flexibility index (Phi) is 5.35. The van der Waals surface area contributed by atoms with Gasteiger partial charge in [0, 0.05) is 56.7 Å². The number of rotatable bonds is 5. The lowest BCUT2D eigenvalue weighted by molar-refractivity contribution is 0.0218. The number of hydrogen-bond acceptors (Lipinski definition) is 7. The zero-order valence-corrected chi connectivity index (χ0v) is 16.9. The number of aromatic nitrogens is 2. The minimum atomic E-state index is -0.307. The van der Waals surface area contributed by atoms with Gasteiger partial charge in [0.25, 0.3) is 0 Å². The molecule has 2 aromatic rings. The summed E-state index contributed by atoms with van der Waals surface area (Å²) in [5.41, 5.74) is 1.49. The molecule has 4 rings (SSSR count). The summed E-state index contributed by atoms with van der Waals surface area (Å²) in [6.07, 6.45) is 2.30. The number of hydrogen-bond donors (Lipinski definition) is 1. The summed E-state index contributed by atoms with van der Waals surface area (Å²) in [5, 5.41) is 12.5. The van der Waals surface area contributed by atoms with E-state index in [2.05, 4.69) is 43.1 Å². The number of nitrogens with zero attached hydrogens (tertiary/aromatic N) is 6. The van der Waals surface area contributed by atoms with Gasteiger partial charge in [-0.05, 0) is 32.2 Å². The van der Waals surface area contributed by atoms with Crippen molar-refractivity contribution in [2.45, 2.75) is 18.9 Å². The van der Waals surface area contributed by atoms with Crippen LogP contribution in [0, 0.1) is 24.1 Å². The fourth-order valence-corrected chi connectivity index (χ4v) is 4.17. The minimum Gasteiger partial charge on any atom is -0.352 e. The fourth-order valence-electron chi connectivity index (χ4n) is 4.17. The van der Waals surface area contributed by atoms with E-state index in [1.54, 1.807) is 18.3 Å². The third-order valence-corrected chi connectivity index (χ3v) is 5.88. The van der Waals surface area contributed by atoms with Crippen LogP contribution in [0.5, 0.6) is 0 Å². The van der Waals surface area contributed by atoms with E-state index >= 15 is 0 Å². The molecule has 0 saturated carbocycles. The zero-order valence-electron chi connectivity index (χ0n) is 16.9. The minimum absolute atomic E-state index is 0.108. The van der Waals surface area contributed by atoms with E-state index in [4.69, 9.17) is 0 Å². The predicted molar refractivity (Wildman–Crippen MR) is 111 cm³/mol. The monoisotopic (exact) mass is 395 g/mol. The van der Waals surface area contributed by atoms with Crippen LogP contribution in [0.15, 0.2) is 30.5 Å². The van der Waals surface area contributed by atoms with Gasteiger partial charge in [0.2, 0.25) is 5.95 Å². The van der Waals surface area contributed by atoms with Gasteiger partial charge in [-0.15, -0.1) is 0 Å². The lowest BCUT2D eigenvalue weighted by Gasteiger charge is -2.57. The highest BCUT2D eigenvalue weighted by molar-refractivity contribution is 5.58. The molecule has 0 amide bonds. The Morgan fingerprint density at radius 3 is 2.69 bits per heavy atom. The Labute approximate surface area is 170 Å². The molecule has 1 aromatic heterocycles. The van der Waals surface area contributed by atoms with Crippen LogP contribution in [-0.4, -0.2) is 71.6 Å². The van der Waals surface area contributed by atoms with Crippen molar-refractivity contribution in [2.24, 2.45) is 0 Å². The van der Waals surface area contributed by atoms with Crippen molar-refractivity contribution in [1.29, 1.82) is 5.26 Å². The molecule has 2 saturated heterocycles. The smallest absolute Gasteiger partial charge is 0.229 e. The Morgan fingerprint density at radius 2 is 2.00 bits per heavy atom. The van der Waals surface area contributed by atoms with Gasteiger partial charge >= 0.3 is 0 Å². The number of benzene rings is 1. The maximum absolute atomic E-state index is 13.4. The maximum atomic E-state index is 13.4. The lowest BCUT2D eigenvalue weighted by Crippen LogP contribution is -2.72. The molecule has 1 N–H and O–H groups in total. The molecule has 0 radical (unpaired) electrons. The Morgan fingerprint density at radius 1 is 1.24 bits per heavy atom. The highest BCUT2D eigenvalue weighted by Crippen LogP contribution is 2.36. The number of nitrogens with one attached hydrogen (secondary N) is 1. The molecule has 0 spiro atoms. The summed E-state index contributed by atoms with van der Waals surface area (Å²) in [5.74, 6) is 0.994. The van der Waals surface area contributed by atoms with Crippen molar-refractivity contribution in [2.75, 3.05) is 56.5 Å². The SMILES string of the molecule is Cc1cnc(Nc2cccc(F)c2)nc1N1CC(CC#N)(N2CCN(C)CC2)C1. The second kappa shape index (κ2) is 7.93. The standard InChI is InChI=1S/C21H26FN7/c1-16-13-24-20(25-18-5-3-4-17(22)12-18)26-19(16)28-14-21(15-28,6-7-23)29-10-8-27(2)9-11-29/h3-5,12-13H,6,8-11,14-15H2,1-2H3,(H,24,25,26). The van der Waals surface area contributed by atoms with Crippen molar-refractivity contribution < 1.29 is 4.39 Å². The van der Waals surface area contributed by atoms with Crippen LogP contribution < -0.4 is 10.2 Å². The van der Waals surface area contributed by atoms with E-state index < -0.39 is 0 Å². The van der Waals surface area contributed by atoms with Gasteiger partial charge in [-0.1, -0.05) is 6.07 Å². The highest BCUT2D eigenvalue weighted by Gasteiger charge is 2.48. The van der Waals surface area contributed by atoms with Gasteiger partial charge in [-0.2, -0.15) is 10.2 Å². The van der Waals surface area contributed by atoms with Crippen LogP contribution in [0.4, 0.5) is 21.8 Å². The molecule has 3 heterocycles. The van der Waals surface area contributed by atoms with Crippen LogP contribution in [0.3, 0.4) is 0 Å². The third-order valence-electron chi connectivity index (χ3n) is 5.88. The number of piperazine rings is 1. The summed E-state index contributed by atoms with van der Waals surface area (Å²) >= 11 is 0. The van der Waals surface area contributed by atoms with E-state index in [-0.39, 0.29) is 11.4 Å². The first kappa shape index (κ1) is 19.6. The average molecular weight is 395 g/mol. The van der Waals surface area contributed by atoms with Crippen molar-refractivity contribution in [3.8, 4) is 6.07 Å². The average Bonchev–Trinajstić information content (AvgIpc) is 2.67. The van der Waals surface area contributed by atoms with Crippen LogP contribution in [0.2, 0.25) is 0 Å². The molecule has 8 heteroatoms. The first-order valence-electron chi connectivity index (χ1n) is 9.91. The largest absolute Gasteiger partial charge is 0.352 e. The van der Waals surface area contributed by atoms with Crippen LogP contribution in [-0.2, 0) is 0 Å². The lowest BCUT2D eigenvalue weighted by atomic mass is 9.84. The molecule has 152 valence electrons. The van der Waals surface area contributed by atoms with E-state index in [1.165, 1.54) is 12.1 Å². The van der Waals surface area contributed by atoms with Crippen LogP contribution in [0.25, 0.3) is 0 Å². The number of anilines is 3. The van der Waals surface area contributed by atoms with E-state index in [9.17, 15) is 9.65 Å². The molecule has 0 atom stereocenters. The zero-order chi connectivity index (χ0) is 20.4. The van der Waals surface area contributed by atoms with Crippen LogP contribution >= 0.6 is 0 Å². The second-order valence-corrected chi connectivity index (χ2v) is 8.04.